The van der Waals surface area contributed by atoms with Gasteiger partial charge in [-0.05, 0) is 79.4 Å². The van der Waals surface area contributed by atoms with Gasteiger partial charge in [0.2, 0.25) is 5.91 Å². The first-order valence-electron chi connectivity index (χ1n) is 9.99. The summed E-state index contributed by atoms with van der Waals surface area (Å²) in [5.74, 6) is 0.208. The van der Waals surface area contributed by atoms with E-state index in [0.717, 1.165) is 14.8 Å². The van der Waals surface area contributed by atoms with Gasteiger partial charge in [0.15, 0.2) is 0 Å². The maximum absolute atomic E-state index is 13.5. The SMILES string of the molecule is CCOc1ccc(N(CC(=O)NCc2ccncc2)S(=O)(=O)c2ccc(SC)cc2)cc1. The summed E-state index contributed by atoms with van der Waals surface area (Å²) in [5, 5.41) is 2.77. The van der Waals surface area contributed by atoms with E-state index in [-0.39, 0.29) is 18.0 Å². The lowest BCUT2D eigenvalue weighted by atomic mass is 10.2. The molecule has 0 bridgehead atoms. The fourth-order valence-electron chi connectivity index (χ4n) is 2.95. The molecule has 168 valence electrons. The number of amides is 1. The number of nitrogens with zero attached hydrogens (tertiary/aromatic N) is 2. The zero-order valence-corrected chi connectivity index (χ0v) is 19.5. The van der Waals surface area contributed by atoms with Crippen molar-refractivity contribution in [2.24, 2.45) is 0 Å². The molecule has 9 heteroatoms. The number of thioether (sulfide) groups is 1. The van der Waals surface area contributed by atoms with Crippen molar-refractivity contribution in [2.75, 3.05) is 23.7 Å². The van der Waals surface area contributed by atoms with Crippen molar-refractivity contribution in [1.82, 2.24) is 10.3 Å². The Labute approximate surface area is 192 Å². The third-order valence-corrected chi connectivity index (χ3v) is 7.14. The molecule has 3 aromatic rings. The Morgan fingerprint density at radius 1 is 1.03 bits per heavy atom. The van der Waals surface area contributed by atoms with Gasteiger partial charge in [-0.15, -0.1) is 11.8 Å². The molecule has 1 N–H and O–H groups in total. The first-order chi connectivity index (χ1) is 15.4. The second kappa shape index (κ2) is 11.0. The Bertz CT molecular complexity index is 1120. The van der Waals surface area contributed by atoms with E-state index in [2.05, 4.69) is 10.3 Å². The highest BCUT2D eigenvalue weighted by Gasteiger charge is 2.27. The summed E-state index contributed by atoms with van der Waals surface area (Å²) in [7, 11) is -3.97. The molecule has 0 saturated carbocycles. The van der Waals surface area contributed by atoms with Gasteiger partial charge in [0.1, 0.15) is 12.3 Å². The van der Waals surface area contributed by atoms with Crippen molar-refractivity contribution in [3.63, 3.8) is 0 Å². The first-order valence-corrected chi connectivity index (χ1v) is 12.7. The highest BCUT2D eigenvalue weighted by atomic mass is 32.2. The Hall–Kier alpha value is -3.04. The standard InChI is InChI=1S/C23H25N3O4S2/c1-3-30-20-6-4-19(5-7-20)26(17-23(27)25-16-18-12-14-24-15-13-18)32(28,29)22-10-8-21(31-2)9-11-22/h4-15H,3,16-17H2,1-2H3,(H,25,27). The number of nitrogens with one attached hydrogen (secondary N) is 1. The van der Waals surface area contributed by atoms with Crippen LogP contribution in [-0.2, 0) is 21.4 Å². The minimum atomic E-state index is -3.97. The van der Waals surface area contributed by atoms with Gasteiger partial charge < -0.3 is 10.1 Å². The van der Waals surface area contributed by atoms with Crippen LogP contribution in [0, 0.1) is 0 Å². The summed E-state index contributed by atoms with van der Waals surface area (Å²) >= 11 is 1.52. The molecular weight excluding hydrogens is 446 g/mol. The summed E-state index contributed by atoms with van der Waals surface area (Å²) in [6.07, 6.45) is 5.19. The molecule has 0 aliphatic heterocycles. The topological polar surface area (TPSA) is 88.6 Å². The molecule has 1 aromatic heterocycles. The maximum atomic E-state index is 13.5. The number of rotatable bonds is 10. The van der Waals surface area contributed by atoms with Gasteiger partial charge in [-0.25, -0.2) is 8.42 Å². The summed E-state index contributed by atoms with van der Waals surface area (Å²) in [5.41, 5.74) is 1.25. The maximum Gasteiger partial charge on any atom is 0.264 e. The molecular formula is C23H25N3O4S2. The van der Waals surface area contributed by atoms with E-state index < -0.39 is 15.9 Å². The Balaban J connectivity index is 1.86. The zero-order valence-electron chi connectivity index (χ0n) is 17.9. The number of pyridine rings is 1. The monoisotopic (exact) mass is 471 g/mol. The smallest absolute Gasteiger partial charge is 0.264 e. The normalized spacial score (nSPS) is 11.1. The fourth-order valence-corrected chi connectivity index (χ4v) is 4.78. The molecule has 0 atom stereocenters. The molecule has 0 spiro atoms. The summed E-state index contributed by atoms with van der Waals surface area (Å²) < 4.78 is 33.5. The van der Waals surface area contributed by atoms with Gasteiger partial charge in [0, 0.05) is 23.8 Å². The van der Waals surface area contributed by atoms with Crippen molar-refractivity contribution in [3.05, 3.63) is 78.6 Å². The molecule has 32 heavy (non-hydrogen) atoms. The van der Waals surface area contributed by atoms with Gasteiger partial charge >= 0.3 is 0 Å². The average molecular weight is 472 g/mol. The third kappa shape index (κ3) is 6.02. The number of carbonyl (C=O) groups excluding carboxylic acids is 1. The molecule has 0 radical (unpaired) electrons. The third-order valence-electron chi connectivity index (χ3n) is 4.61. The largest absolute Gasteiger partial charge is 0.494 e. The second-order valence-electron chi connectivity index (χ2n) is 6.75. The van der Waals surface area contributed by atoms with Crippen LogP contribution >= 0.6 is 11.8 Å². The lowest BCUT2D eigenvalue weighted by molar-refractivity contribution is -0.119. The number of hydrogen-bond donors (Lipinski definition) is 1. The van der Waals surface area contributed by atoms with Gasteiger partial charge in [-0.3, -0.25) is 14.1 Å². The van der Waals surface area contributed by atoms with Crippen molar-refractivity contribution < 1.29 is 17.9 Å². The van der Waals surface area contributed by atoms with E-state index in [1.54, 1.807) is 73.1 Å². The van der Waals surface area contributed by atoms with Crippen molar-refractivity contribution in [2.45, 2.75) is 23.3 Å². The van der Waals surface area contributed by atoms with Crippen LogP contribution in [0.5, 0.6) is 5.75 Å². The van der Waals surface area contributed by atoms with E-state index >= 15 is 0 Å². The van der Waals surface area contributed by atoms with E-state index in [4.69, 9.17) is 4.74 Å². The molecule has 1 heterocycles. The molecule has 2 aromatic carbocycles. The molecule has 0 aliphatic carbocycles. The predicted molar refractivity (Wildman–Crippen MR) is 126 cm³/mol. The first kappa shape index (κ1) is 23.6. The van der Waals surface area contributed by atoms with Crippen molar-refractivity contribution >= 4 is 33.4 Å². The second-order valence-corrected chi connectivity index (χ2v) is 9.49. The Kier molecular flexibility index (Phi) is 8.13. The van der Waals surface area contributed by atoms with E-state index in [0.29, 0.717) is 18.0 Å². The molecule has 1 amide bonds. The molecule has 7 nitrogen and oxygen atoms in total. The Morgan fingerprint density at radius 3 is 2.28 bits per heavy atom. The molecule has 0 fully saturated rings. The number of aromatic nitrogens is 1. The number of hydrogen-bond acceptors (Lipinski definition) is 6. The van der Waals surface area contributed by atoms with Crippen LogP contribution in [0.4, 0.5) is 5.69 Å². The van der Waals surface area contributed by atoms with Crippen LogP contribution in [0.15, 0.2) is 82.8 Å². The zero-order chi connectivity index (χ0) is 23.0. The predicted octanol–water partition coefficient (Wildman–Crippen LogP) is 3.71. The minimum absolute atomic E-state index is 0.117. The quantitative estimate of drug-likeness (QED) is 0.454. The van der Waals surface area contributed by atoms with Crippen LogP contribution in [0.1, 0.15) is 12.5 Å². The van der Waals surface area contributed by atoms with Crippen molar-refractivity contribution in [1.29, 1.82) is 0 Å². The van der Waals surface area contributed by atoms with Gasteiger partial charge in [-0.1, -0.05) is 0 Å². The van der Waals surface area contributed by atoms with Crippen LogP contribution in [0.25, 0.3) is 0 Å². The van der Waals surface area contributed by atoms with Gasteiger partial charge in [0.05, 0.1) is 17.2 Å². The van der Waals surface area contributed by atoms with Crippen LogP contribution < -0.4 is 14.4 Å². The van der Waals surface area contributed by atoms with Gasteiger partial charge in [-0.2, -0.15) is 0 Å². The average Bonchev–Trinajstić information content (AvgIpc) is 2.82. The lowest BCUT2D eigenvalue weighted by Gasteiger charge is -2.24. The minimum Gasteiger partial charge on any atom is -0.494 e. The van der Waals surface area contributed by atoms with Crippen LogP contribution in [0.3, 0.4) is 0 Å². The van der Waals surface area contributed by atoms with Crippen molar-refractivity contribution in [3.8, 4) is 5.75 Å². The van der Waals surface area contributed by atoms with Gasteiger partial charge in [0.25, 0.3) is 10.0 Å². The molecule has 0 unspecified atom stereocenters. The molecule has 0 aliphatic rings. The number of anilines is 1. The Morgan fingerprint density at radius 2 is 1.69 bits per heavy atom. The number of carbonyl (C=O) groups is 1. The van der Waals surface area contributed by atoms with Crippen LogP contribution in [0.2, 0.25) is 0 Å². The summed E-state index contributed by atoms with van der Waals surface area (Å²) in [4.78, 5) is 17.7. The highest BCUT2D eigenvalue weighted by Crippen LogP contribution is 2.27. The van der Waals surface area contributed by atoms with E-state index in [9.17, 15) is 13.2 Å². The molecule has 3 rings (SSSR count). The summed E-state index contributed by atoms with van der Waals surface area (Å²) in [6.45, 7) is 2.29. The van der Waals surface area contributed by atoms with E-state index in [1.165, 1.54) is 11.8 Å². The van der Waals surface area contributed by atoms with E-state index in [1.807, 2.05) is 13.2 Å². The lowest BCUT2D eigenvalue weighted by Crippen LogP contribution is -2.40. The number of ether oxygens (including phenoxy) is 1. The molecule has 0 saturated heterocycles. The van der Waals surface area contributed by atoms with Crippen LogP contribution in [-0.4, -0.2) is 38.7 Å². The summed E-state index contributed by atoms with van der Waals surface area (Å²) in [6, 6.07) is 16.8. The fraction of sp³-hybridized carbons (Fsp3) is 0.217. The number of sulfonamides is 1. The number of benzene rings is 2. The highest BCUT2D eigenvalue weighted by molar-refractivity contribution is 7.98.